The number of amides is 1. The van der Waals surface area contributed by atoms with Crippen molar-refractivity contribution < 1.29 is 24.2 Å². The number of anilines is 1. The number of ether oxygens (including phenoxy) is 2. The third-order valence-electron chi connectivity index (χ3n) is 9.71. The zero-order valence-electron chi connectivity index (χ0n) is 21.6. The van der Waals surface area contributed by atoms with Crippen molar-refractivity contribution in [1.29, 1.82) is 0 Å². The summed E-state index contributed by atoms with van der Waals surface area (Å²) in [5, 5.41) is 16.0. The van der Waals surface area contributed by atoms with Gasteiger partial charge in [0.1, 0.15) is 17.5 Å². The Bertz CT molecular complexity index is 1130. The quantitative estimate of drug-likeness (QED) is 0.461. The molecule has 1 unspecified atom stereocenters. The second-order valence-electron chi connectivity index (χ2n) is 11.4. The lowest BCUT2D eigenvalue weighted by Crippen LogP contribution is -2.81. The molecule has 8 nitrogen and oxygen atoms in total. The Morgan fingerprint density at radius 3 is 2.69 bits per heavy atom. The van der Waals surface area contributed by atoms with E-state index in [1.165, 1.54) is 12.5 Å². The molecule has 1 spiro atoms. The van der Waals surface area contributed by atoms with E-state index in [0.717, 1.165) is 43.8 Å². The minimum Gasteiger partial charge on any atom is -0.497 e. The molecule has 3 aliphatic heterocycles. The molecule has 36 heavy (non-hydrogen) atoms. The number of benzene rings is 1. The summed E-state index contributed by atoms with van der Waals surface area (Å²) < 4.78 is 11.7. The summed E-state index contributed by atoms with van der Waals surface area (Å²) in [5.41, 5.74) is -0.284. The number of aliphatic hydroxyl groups is 1. The van der Waals surface area contributed by atoms with Crippen LogP contribution in [-0.4, -0.2) is 79.5 Å². The second-order valence-corrected chi connectivity index (χ2v) is 11.4. The number of hydrogen-bond acceptors (Lipinski definition) is 7. The number of esters is 1. The Morgan fingerprint density at radius 2 is 2.03 bits per heavy atom. The first-order chi connectivity index (χ1) is 17.2. The fourth-order valence-corrected chi connectivity index (χ4v) is 8.36. The van der Waals surface area contributed by atoms with Crippen molar-refractivity contribution in [2.45, 2.75) is 68.7 Å². The standard InChI is InChI=1S/C28H37N3O5/c1-5-26-11-6-13-31-14-12-27(23(26)31)20-10-9-19(35-4)15-21(20)30(3)24(27)28(34,25(26)36-17(2)32)16-29-22(33)18-7-8-18/h6,9-11,15,18,23-25,34H,5,7-8,12-14,16H2,1-4H3,(H,29,33)/t23?,24-,25-,26-,27-,28+/m1/s1. The van der Waals surface area contributed by atoms with Gasteiger partial charge in [-0.15, -0.1) is 0 Å². The minimum absolute atomic E-state index is 0.0190. The monoisotopic (exact) mass is 495 g/mol. The Morgan fingerprint density at radius 1 is 1.25 bits per heavy atom. The molecule has 1 aromatic carbocycles. The van der Waals surface area contributed by atoms with Crippen LogP contribution in [0.4, 0.5) is 5.69 Å². The lowest BCUT2D eigenvalue weighted by Gasteiger charge is -2.64. The lowest BCUT2D eigenvalue weighted by molar-refractivity contribution is -0.217. The summed E-state index contributed by atoms with van der Waals surface area (Å²) in [6.07, 6.45) is 6.88. The molecule has 6 rings (SSSR count). The van der Waals surface area contributed by atoms with Crippen molar-refractivity contribution >= 4 is 17.6 Å². The number of methoxy groups -OCH3 is 1. The minimum atomic E-state index is -1.51. The number of carbonyl (C=O) groups is 2. The molecule has 0 radical (unpaired) electrons. The van der Waals surface area contributed by atoms with Gasteiger partial charge in [0, 0.05) is 55.1 Å². The van der Waals surface area contributed by atoms with Crippen LogP contribution in [-0.2, 0) is 19.7 Å². The fourth-order valence-electron chi connectivity index (χ4n) is 8.36. The van der Waals surface area contributed by atoms with Gasteiger partial charge in [0.2, 0.25) is 5.91 Å². The van der Waals surface area contributed by atoms with Gasteiger partial charge < -0.3 is 24.8 Å². The maximum atomic E-state index is 12.9. The summed E-state index contributed by atoms with van der Waals surface area (Å²) in [4.78, 5) is 30.0. The predicted molar refractivity (Wildman–Crippen MR) is 135 cm³/mol. The Hall–Kier alpha value is -2.58. The fraction of sp³-hybridized carbons (Fsp3) is 0.643. The van der Waals surface area contributed by atoms with E-state index in [0.29, 0.717) is 6.42 Å². The van der Waals surface area contributed by atoms with Crippen molar-refractivity contribution in [3.05, 3.63) is 35.9 Å². The summed E-state index contributed by atoms with van der Waals surface area (Å²) in [7, 11) is 3.67. The van der Waals surface area contributed by atoms with Crippen LogP contribution >= 0.6 is 0 Å². The van der Waals surface area contributed by atoms with Crippen molar-refractivity contribution in [2.24, 2.45) is 11.3 Å². The van der Waals surface area contributed by atoms with Crippen LogP contribution in [0.25, 0.3) is 0 Å². The summed E-state index contributed by atoms with van der Waals surface area (Å²) in [5.74, 6) is 0.331. The first-order valence-corrected chi connectivity index (χ1v) is 13.2. The van der Waals surface area contributed by atoms with Crippen LogP contribution in [0.3, 0.4) is 0 Å². The van der Waals surface area contributed by atoms with Crippen LogP contribution < -0.4 is 15.0 Å². The van der Waals surface area contributed by atoms with E-state index >= 15 is 0 Å². The molecule has 3 fully saturated rings. The number of rotatable bonds is 6. The van der Waals surface area contributed by atoms with Crippen LogP contribution in [0.2, 0.25) is 0 Å². The first-order valence-electron chi connectivity index (χ1n) is 13.2. The molecule has 5 aliphatic rings. The molecule has 2 N–H and O–H groups in total. The van der Waals surface area contributed by atoms with E-state index < -0.39 is 34.5 Å². The first kappa shape index (κ1) is 23.8. The highest BCUT2D eigenvalue weighted by molar-refractivity contribution is 5.81. The number of fused-ring (bicyclic) bond motifs is 1. The predicted octanol–water partition coefficient (Wildman–Crippen LogP) is 1.99. The van der Waals surface area contributed by atoms with Gasteiger partial charge in [0.05, 0.1) is 19.7 Å². The van der Waals surface area contributed by atoms with Gasteiger partial charge in [0.25, 0.3) is 0 Å². The van der Waals surface area contributed by atoms with Gasteiger partial charge in [-0.05, 0) is 43.9 Å². The van der Waals surface area contributed by atoms with E-state index in [9.17, 15) is 14.7 Å². The van der Waals surface area contributed by atoms with Crippen LogP contribution in [0, 0.1) is 11.3 Å². The Balaban J connectivity index is 1.58. The normalized spacial score (nSPS) is 38.2. The maximum absolute atomic E-state index is 12.9. The van der Waals surface area contributed by atoms with E-state index in [1.807, 2.05) is 19.2 Å². The highest BCUT2D eigenvalue weighted by Crippen LogP contribution is 2.67. The molecule has 1 aromatic rings. The average molecular weight is 496 g/mol. The number of likely N-dealkylation sites (N-methyl/N-ethyl adjacent to an activating group) is 1. The van der Waals surface area contributed by atoms with Gasteiger partial charge >= 0.3 is 5.97 Å². The number of nitrogens with one attached hydrogen (secondary N) is 1. The molecule has 3 heterocycles. The van der Waals surface area contributed by atoms with Crippen molar-refractivity contribution in [2.75, 3.05) is 38.7 Å². The van der Waals surface area contributed by atoms with E-state index in [1.54, 1.807) is 7.11 Å². The zero-order chi connectivity index (χ0) is 25.5. The molecule has 1 amide bonds. The van der Waals surface area contributed by atoms with Gasteiger partial charge in [-0.2, -0.15) is 0 Å². The number of nitrogens with zero attached hydrogens (tertiary/aromatic N) is 2. The zero-order valence-corrected chi connectivity index (χ0v) is 21.6. The summed E-state index contributed by atoms with van der Waals surface area (Å²) in [6, 6.07) is 5.86. The van der Waals surface area contributed by atoms with Gasteiger partial charge in [-0.25, -0.2) is 0 Å². The summed E-state index contributed by atoms with van der Waals surface area (Å²) >= 11 is 0. The van der Waals surface area contributed by atoms with Crippen molar-refractivity contribution in [1.82, 2.24) is 10.2 Å². The molecule has 2 aliphatic carbocycles. The van der Waals surface area contributed by atoms with Gasteiger partial charge in [-0.1, -0.05) is 25.1 Å². The molecule has 0 aromatic heterocycles. The van der Waals surface area contributed by atoms with Crippen molar-refractivity contribution in [3.63, 3.8) is 0 Å². The van der Waals surface area contributed by atoms with E-state index in [2.05, 4.69) is 40.3 Å². The number of hydrogen-bond donors (Lipinski definition) is 2. The lowest BCUT2D eigenvalue weighted by atomic mass is 9.47. The van der Waals surface area contributed by atoms with Crippen LogP contribution in [0.1, 0.15) is 45.1 Å². The Kier molecular flexibility index (Phi) is 5.26. The smallest absolute Gasteiger partial charge is 0.303 e. The molecule has 8 heteroatoms. The molecular weight excluding hydrogens is 458 g/mol. The second kappa shape index (κ2) is 7.96. The highest BCUT2D eigenvalue weighted by atomic mass is 16.6. The van der Waals surface area contributed by atoms with Crippen LogP contribution in [0.5, 0.6) is 5.75 Å². The van der Waals surface area contributed by atoms with Gasteiger partial charge in [-0.3, -0.25) is 14.5 Å². The molecule has 194 valence electrons. The van der Waals surface area contributed by atoms with Crippen LogP contribution in [0.15, 0.2) is 30.4 Å². The molecular formula is C28H37N3O5. The topological polar surface area (TPSA) is 91.3 Å². The van der Waals surface area contributed by atoms with Gasteiger partial charge in [0.15, 0.2) is 0 Å². The van der Waals surface area contributed by atoms with E-state index in [-0.39, 0.29) is 24.4 Å². The molecule has 0 bridgehead atoms. The maximum Gasteiger partial charge on any atom is 0.303 e. The molecule has 6 atom stereocenters. The third kappa shape index (κ3) is 2.94. The van der Waals surface area contributed by atoms with E-state index in [4.69, 9.17) is 9.47 Å². The average Bonchev–Trinajstić information content (AvgIpc) is 3.61. The molecule has 2 saturated carbocycles. The largest absolute Gasteiger partial charge is 0.497 e. The SMILES string of the molecule is CC[C@]12C=CCN3CC[C@@]4(c5ccc(OC)cc5N(C)[C@H]4[C@@](O)(CNC(=O)C4CC4)[C@@H]1OC(C)=O)C32. The number of carbonyl (C=O) groups excluding carboxylic acids is 2. The van der Waals surface area contributed by atoms with Crippen molar-refractivity contribution in [3.8, 4) is 5.75 Å². The Labute approximate surface area is 212 Å². The third-order valence-corrected chi connectivity index (χ3v) is 9.71. The summed E-state index contributed by atoms with van der Waals surface area (Å²) in [6.45, 7) is 5.28. The highest BCUT2D eigenvalue weighted by Gasteiger charge is 2.77. The molecule has 1 saturated heterocycles.